The first-order valence-electron chi connectivity index (χ1n) is 8.18. The molecule has 0 N–H and O–H groups in total. The van der Waals surface area contributed by atoms with Gasteiger partial charge in [0.2, 0.25) is 17.7 Å². The number of likely N-dealkylation sites (tertiary alicyclic amines) is 1. The Bertz CT molecular complexity index is 798. The fraction of sp³-hybridized carbons (Fsp3) is 0.412. The average Bonchev–Trinajstić information content (AvgIpc) is 3.25. The molecule has 124 valence electrons. The number of benzene rings is 1. The molecule has 3 heterocycles. The van der Waals surface area contributed by atoms with Gasteiger partial charge in [-0.2, -0.15) is 4.98 Å². The number of aryl methyl sites for hydroxylation is 1. The molecule has 0 amide bonds. The molecule has 3 aromatic rings. The van der Waals surface area contributed by atoms with Crippen LogP contribution in [0.25, 0.3) is 11.5 Å². The van der Waals surface area contributed by atoms with Gasteiger partial charge in [0.15, 0.2) is 5.82 Å². The number of aromatic nitrogens is 4. The summed E-state index contributed by atoms with van der Waals surface area (Å²) in [4.78, 5) is 6.67. The van der Waals surface area contributed by atoms with E-state index in [0.717, 1.165) is 37.3 Å². The summed E-state index contributed by atoms with van der Waals surface area (Å²) in [6, 6.07) is 9.82. The van der Waals surface area contributed by atoms with Gasteiger partial charge in [-0.3, -0.25) is 4.90 Å². The lowest BCUT2D eigenvalue weighted by atomic mass is 9.97. The van der Waals surface area contributed by atoms with Crippen LogP contribution >= 0.6 is 0 Å². The van der Waals surface area contributed by atoms with E-state index in [-0.39, 0.29) is 0 Å². The van der Waals surface area contributed by atoms with Gasteiger partial charge < -0.3 is 8.94 Å². The monoisotopic (exact) mass is 325 g/mol. The Morgan fingerprint density at radius 1 is 1.21 bits per heavy atom. The van der Waals surface area contributed by atoms with Gasteiger partial charge in [0.25, 0.3) is 0 Å². The van der Waals surface area contributed by atoms with E-state index in [1.54, 1.807) is 0 Å². The molecule has 2 aromatic heterocycles. The van der Waals surface area contributed by atoms with Crippen LogP contribution in [0, 0.1) is 6.92 Å². The predicted molar refractivity (Wildman–Crippen MR) is 86.0 cm³/mol. The Morgan fingerprint density at radius 2 is 2.08 bits per heavy atom. The lowest BCUT2D eigenvalue weighted by Gasteiger charge is -2.29. The fourth-order valence-corrected chi connectivity index (χ4v) is 3.10. The van der Waals surface area contributed by atoms with Gasteiger partial charge in [-0.1, -0.05) is 23.4 Å². The molecule has 1 saturated heterocycles. The number of nitrogens with zero attached hydrogens (tertiary/aromatic N) is 5. The quantitative estimate of drug-likeness (QED) is 0.729. The van der Waals surface area contributed by atoms with Gasteiger partial charge in [0, 0.05) is 24.9 Å². The van der Waals surface area contributed by atoms with Crippen molar-refractivity contribution in [1.29, 1.82) is 0 Å². The fourth-order valence-electron chi connectivity index (χ4n) is 3.10. The Morgan fingerprint density at radius 3 is 2.88 bits per heavy atom. The largest absolute Gasteiger partial charge is 0.419 e. The zero-order valence-corrected chi connectivity index (χ0v) is 13.6. The van der Waals surface area contributed by atoms with Crippen LogP contribution in [-0.2, 0) is 6.54 Å². The van der Waals surface area contributed by atoms with Crippen LogP contribution in [0.15, 0.2) is 39.3 Å². The van der Waals surface area contributed by atoms with Crippen LogP contribution in [0.2, 0.25) is 0 Å². The molecule has 0 spiro atoms. The molecule has 4 rings (SSSR count). The lowest BCUT2D eigenvalue weighted by molar-refractivity contribution is 0.179. The maximum Gasteiger partial charge on any atom is 0.247 e. The summed E-state index contributed by atoms with van der Waals surface area (Å²) >= 11 is 0. The molecule has 1 atom stereocenters. The summed E-state index contributed by atoms with van der Waals surface area (Å²) < 4.78 is 10.9. The van der Waals surface area contributed by atoms with E-state index in [2.05, 4.69) is 25.2 Å². The number of hydrogen-bond acceptors (Lipinski definition) is 7. The molecule has 1 aromatic carbocycles. The van der Waals surface area contributed by atoms with Crippen LogP contribution < -0.4 is 0 Å². The molecular formula is C17H19N5O2. The summed E-state index contributed by atoms with van der Waals surface area (Å²) in [6.45, 7) is 4.35. The SMILES string of the molecule is Cc1nc(C2CCCN(Cc3nnc(-c4ccccc4)o3)C2)no1. The second-order valence-electron chi connectivity index (χ2n) is 6.11. The molecule has 1 fully saturated rings. The van der Waals surface area contributed by atoms with Crippen molar-refractivity contribution < 1.29 is 8.94 Å². The highest BCUT2D eigenvalue weighted by Crippen LogP contribution is 2.26. The lowest BCUT2D eigenvalue weighted by Crippen LogP contribution is -2.34. The van der Waals surface area contributed by atoms with Gasteiger partial charge in [-0.15, -0.1) is 10.2 Å². The average molecular weight is 325 g/mol. The summed E-state index contributed by atoms with van der Waals surface area (Å²) in [7, 11) is 0. The third-order valence-electron chi connectivity index (χ3n) is 4.26. The molecule has 7 heteroatoms. The Labute approximate surface area is 139 Å². The normalized spacial score (nSPS) is 18.8. The van der Waals surface area contributed by atoms with Crippen LogP contribution in [0.4, 0.5) is 0 Å². The molecule has 0 saturated carbocycles. The maximum atomic E-state index is 5.80. The van der Waals surface area contributed by atoms with Crippen molar-refractivity contribution in [2.75, 3.05) is 13.1 Å². The first-order valence-corrected chi connectivity index (χ1v) is 8.18. The minimum Gasteiger partial charge on any atom is -0.419 e. The number of hydrogen-bond donors (Lipinski definition) is 0. The van der Waals surface area contributed by atoms with Crippen molar-refractivity contribution in [2.24, 2.45) is 0 Å². The van der Waals surface area contributed by atoms with Crippen molar-refractivity contribution >= 4 is 0 Å². The van der Waals surface area contributed by atoms with E-state index in [1.165, 1.54) is 0 Å². The van der Waals surface area contributed by atoms with E-state index < -0.39 is 0 Å². The highest BCUT2D eigenvalue weighted by molar-refractivity contribution is 5.51. The Hall–Kier alpha value is -2.54. The van der Waals surface area contributed by atoms with Crippen molar-refractivity contribution in [1.82, 2.24) is 25.2 Å². The third kappa shape index (κ3) is 3.21. The number of rotatable bonds is 4. The molecule has 1 aliphatic heterocycles. The molecule has 0 aliphatic carbocycles. The third-order valence-corrected chi connectivity index (χ3v) is 4.26. The Kier molecular flexibility index (Phi) is 4.08. The molecule has 24 heavy (non-hydrogen) atoms. The van der Waals surface area contributed by atoms with Crippen LogP contribution in [0.3, 0.4) is 0 Å². The van der Waals surface area contributed by atoms with Crippen LogP contribution in [0.1, 0.15) is 36.4 Å². The highest BCUT2D eigenvalue weighted by Gasteiger charge is 2.26. The zero-order chi connectivity index (χ0) is 16.4. The number of piperidine rings is 1. The molecule has 0 bridgehead atoms. The molecule has 0 radical (unpaired) electrons. The standard InChI is InChI=1S/C17H19N5O2/c1-12-18-16(21-24-12)14-8-5-9-22(10-14)11-15-19-20-17(23-15)13-6-3-2-4-7-13/h2-4,6-7,14H,5,8-11H2,1H3. The smallest absolute Gasteiger partial charge is 0.247 e. The summed E-state index contributed by atoms with van der Waals surface area (Å²) in [5.74, 6) is 2.92. The van der Waals surface area contributed by atoms with Crippen LogP contribution in [0.5, 0.6) is 0 Å². The van der Waals surface area contributed by atoms with Crippen molar-refractivity contribution in [3.05, 3.63) is 47.9 Å². The molecular weight excluding hydrogens is 306 g/mol. The second kappa shape index (κ2) is 6.52. The minimum atomic E-state index is 0.299. The summed E-state index contributed by atoms with van der Waals surface area (Å²) in [5.41, 5.74) is 0.940. The van der Waals surface area contributed by atoms with E-state index in [9.17, 15) is 0 Å². The van der Waals surface area contributed by atoms with Crippen molar-refractivity contribution in [3.63, 3.8) is 0 Å². The van der Waals surface area contributed by atoms with Crippen molar-refractivity contribution in [3.8, 4) is 11.5 Å². The first kappa shape index (κ1) is 15.0. The first-order chi connectivity index (χ1) is 11.8. The van der Waals surface area contributed by atoms with Gasteiger partial charge in [-0.25, -0.2) is 0 Å². The zero-order valence-electron chi connectivity index (χ0n) is 13.6. The minimum absolute atomic E-state index is 0.299. The highest BCUT2D eigenvalue weighted by atomic mass is 16.5. The molecule has 1 aliphatic rings. The second-order valence-corrected chi connectivity index (χ2v) is 6.11. The van der Waals surface area contributed by atoms with Gasteiger partial charge in [0.1, 0.15) is 0 Å². The van der Waals surface area contributed by atoms with E-state index in [0.29, 0.717) is 30.1 Å². The molecule has 7 nitrogen and oxygen atoms in total. The predicted octanol–water partition coefficient (Wildman–Crippen LogP) is 2.81. The van der Waals surface area contributed by atoms with Crippen molar-refractivity contribution in [2.45, 2.75) is 32.2 Å². The van der Waals surface area contributed by atoms with Crippen LogP contribution in [-0.4, -0.2) is 38.3 Å². The molecule has 1 unspecified atom stereocenters. The van der Waals surface area contributed by atoms with Gasteiger partial charge in [0.05, 0.1) is 6.54 Å². The van der Waals surface area contributed by atoms with E-state index >= 15 is 0 Å². The summed E-state index contributed by atoms with van der Waals surface area (Å²) in [6.07, 6.45) is 2.17. The summed E-state index contributed by atoms with van der Waals surface area (Å²) in [5, 5.41) is 12.4. The van der Waals surface area contributed by atoms with E-state index in [4.69, 9.17) is 8.94 Å². The van der Waals surface area contributed by atoms with E-state index in [1.807, 2.05) is 37.3 Å². The topological polar surface area (TPSA) is 81.1 Å². The van der Waals surface area contributed by atoms with Gasteiger partial charge >= 0.3 is 0 Å². The Balaban J connectivity index is 1.43. The van der Waals surface area contributed by atoms with Gasteiger partial charge in [-0.05, 0) is 31.5 Å². The maximum absolute atomic E-state index is 5.80.